The van der Waals surface area contributed by atoms with Gasteiger partial charge in [-0.25, -0.2) is 9.78 Å². The van der Waals surface area contributed by atoms with Gasteiger partial charge in [0.1, 0.15) is 23.1 Å². The summed E-state index contributed by atoms with van der Waals surface area (Å²) in [6, 6.07) is 17.1. The third kappa shape index (κ3) is 4.97. The number of benzene rings is 2. The standard InChI is InChI=1S/C19H17N3O3S/c1-13-20-19(22-21-13)26-17(18(23)24)11-15-8-5-9-16(10-15)25-12-14-6-3-2-4-7-14/h2-11H,12H2,1H3,(H,23,24)(H,20,21,22)/b17-11+. The van der Waals surface area contributed by atoms with Crippen molar-refractivity contribution in [3.8, 4) is 5.75 Å². The van der Waals surface area contributed by atoms with Crippen LogP contribution in [0.1, 0.15) is 17.0 Å². The molecule has 132 valence electrons. The summed E-state index contributed by atoms with van der Waals surface area (Å²) in [5.74, 6) is 0.271. The smallest absolute Gasteiger partial charge is 0.342 e. The summed E-state index contributed by atoms with van der Waals surface area (Å²) in [7, 11) is 0. The van der Waals surface area contributed by atoms with E-state index in [4.69, 9.17) is 4.74 Å². The Bertz CT molecular complexity index is 923. The molecule has 0 saturated heterocycles. The highest BCUT2D eigenvalue weighted by Gasteiger charge is 2.13. The van der Waals surface area contributed by atoms with Crippen LogP contribution in [-0.2, 0) is 11.4 Å². The van der Waals surface area contributed by atoms with E-state index >= 15 is 0 Å². The second-order valence-electron chi connectivity index (χ2n) is 5.47. The number of nitrogens with zero attached hydrogens (tertiary/aromatic N) is 2. The molecule has 0 saturated carbocycles. The Kier molecular flexibility index (Phi) is 5.70. The van der Waals surface area contributed by atoms with Gasteiger partial charge >= 0.3 is 5.97 Å². The Labute approximate surface area is 154 Å². The van der Waals surface area contributed by atoms with Gasteiger partial charge in [-0.2, -0.15) is 0 Å². The summed E-state index contributed by atoms with van der Waals surface area (Å²) in [6.07, 6.45) is 1.58. The zero-order chi connectivity index (χ0) is 18.4. The third-order valence-corrected chi connectivity index (χ3v) is 4.27. The Balaban J connectivity index is 1.74. The first-order chi connectivity index (χ1) is 12.6. The maximum atomic E-state index is 11.5. The molecule has 0 aliphatic heterocycles. The van der Waals surface area contributed by atoms with Crippen LogP contribution in [-0.4, -0.2) is 26.3 Å². The quantitative estimate of drug-likeness (QED) is 0.486. The average molecular weight is 367 g/mol. The van der Waals surface area contributed by atoms with Crippen molar-refractivity contribution in [2.45, 2.75) is 18.7 Å². The zero-order valence-electron chi connectivity index (χ0n) is 14.0. The van der Waals surface area contributed by atoms with E-state index in [-0.39, 0.29) is 4.91 Å². The molecule has 0 amide bonds. The van der Waals surface area contributed by atoms with Crippen molar-refractivity contribution in [2.75, 3.05) is 0 Å². The zero-order valence-corrected chi connectivity index (χ0v) is 14.9. The number of hydrogen-bond acceptors (Lipinski definition) is 5. The van der Waals surface area contributed by atoms with Gasteiger partial charge in [0, 0.05) is 0 Å². The molecule has 0 bridgehead atoms. The molecule has 2 N–H and O–H groups in total. The summed E-state index contributed by atoms with van der Waals surface area (Å²) >= 11 is 0.996. The Morgan fingerprint density at radius 2 is 2.04 bits per heavy atom. The highest BCUT2D eigenvalue weighted by atomic mass is 32.2. The van der Waals surface area contributed by atoms with Gasteiger partial charge in [-0.15, -0.1) is 5.10 Å². The van der Waals surface area contributed by atoms with Crippen LogP contribution in [0, 0.1) is 6.92 Å². The SMILES string of the molecule is Cc1nc(S/C(=C/c2cccc(OCc3ccccc3)c2)C(=O)O)n[nH]1. The molecule has 1 heterocycles. The number of carboxylic acid groups (broad SMARTS) is 1. The van der Waals surface area contributed by atoms with Crippen LogP contribution in [0.25, 0.3) is 6.08 Å². The van der Waals surface area contributed by atoms with Crippen molar-refractivity contribution in [1.29, 1.82) is 0 Å². The van der Waals surface area contributed by atoms with E-state index in [0.29, 0.717) is 23.3 Å². The average Bonchev–Trinajstić information content (AvgIpc) is 3.05. The van der Waals surface area contributed by atoms with Crippen molar-refractivity contribution >= 4 is 23.8 Å². The van der Waals surface area contributed by atoms with Gasteiger partial charge in [-0.3, -0.25) is 5.10 Å². The van der Waals surface area contributed by atoms with Crippen molar-refractivity contribution in [3.63, 3.8) is 0 Å². The van der Waals surface area contributed by atoms with E-state index < -0.39 is 5.97 Å². The molecule has 0 fully saturated rings. The van der Waals surface area contributed by atoms with Crippen LogP contribution in [0.2, 0.25) is 0 Å². The maximum Gasteiger partial charge on any atom is 0.342 e. The normalized spacial score (nSPS) is 11.3. The highest BCUT2D eigenvalue weighted by molar-refractivity contribution is 8.04. The molecule has 0 spiro atoms. The largest absolute Gasteiger partial charge is 0.489 e. The minimum absolute atomic E-state index is 0.129. The summed E-state index contributed by atoms with van der Waals surface area (Å²) in [5.41, 5.74) is 1.79. The minimum atomic E-state index is -1.03. The monoisotopic (exact) mass is 367 g/mol. The number of ether oxygens (including phenoxy) is 1. The van der Waals surface area contributed by atoms with Crippen molar-refractivity contribution < 1.29 is 14.6 Å². The molecule has 3 rings (SSSR count). The molecular formula is C19H17N3O3S. The molecule has 3 aromatic rings. The number of hydrogen-bond donors (Lipinski definition) is 2. The lowest BCUT2D eigenvalue weighted by Gasteiger charge is -2.07. The highest BCUT2D eigenvalue weighted by Crippen LogP contribution is 2.26. The van der Waals surface area contributed by atoms with Crippen LogP contribution in [0.5, 0.6) is 5.75 Å². The molecule has 7 heteroatoms. The number of rotatable bonds is 7. The predicted molar refractivity (Wildman–Crippen MR) is 99.8 cm³/mol. The van der Waals surface area contributed by atoms with Gasteiger partial charge in [-0.05, 0) is 48.0 Å². The Morgan fingerprint density at radius 1 is 1.23 bits per heavy atom. The fourth-order valence-corrected chi connectivity index (χ4v) is 2.94. The van der Waals surface area contributed by atoms with Crippen LogP contribution < -0.4 is 4.74 Å². The van der Waals surface area contributed by atoms with E-state index in [9.17, 15) is 9.90 Å². The Morgan fingerprint density at radius 3 is 2.73 bits per heavy atom. The number of aromatic nitrogens is 3. The van der Waals surface area contributed by atoms with E-state index in [1.807, 2.05) is 48.5 Å². The number of aromatic amines is 1. The summed E-state index contributed by atoms with van der Waals surface area (Å²) in [5, 5.41) is 16.5. The molecular weight excluding hydrogens is 350 g/mol. The molecule has 2 aromatic carbocycles. The summed E-state index contributed by atoms with van der Waals surface area (Å²) in [4.78, 5) is 15.8. The van der Waals surface area contributed by atoms with Crippen LogP contribution in [0.3, 0.4) is 0 Å². The summed E-state index contributed by atoms with van der Waals surface area (Å²) < 4.78 is 5.78. The van der Waals surface area contributed by atoms with Gasteiger partial charge in [-0.1, -0.05) is 42.5 Å². The molecule has 6 nitrogen and oxygen atoms in total. The number of carbonyl (C=O) groups is 1. The van der Waals surface area contributed by atoms with E-state index in [2.05, 4.69) is 15.2 Å². The first kappa shape index (κ1) is 17.8. The number of nitrogens with one attached hydrogen (secondary N) is 1. The van der Waals surface area contributed by atoms with E-state index in [0.717, 1.165) is 22.9 Å². The van der Waals surface area contributed by atoms with Gasteiger partial charge in [0.15, 0.2) is 0 Å². The number of aliphatic carboxylic acids is 1. The minimum Gasteiger partial charge on any atom is -0.489 e. The number of H-pyrrole nitrogens is 1. The van der Waals surface area contributed by atoms with E-state index in [1.165, 1.54) is 0 Å². The lowest BCUT2D eigenvalue weighted by molar-refractivity contribution is -0.131. The van der Waals surface area contributed by atoms with E-state index in [1.54, 1.807) is 19.1 Å². The Hall–Kier alpha value is -3.06. The predicted octanol–water partition coefficient (Wildman–Crippen LogP) is 3.91. The summed E-state index contributed by atoms with van der Waals surface area (Å²) in [6.45, 7) is 2.21. The molecule has 0 aliphatic carbocycles. The fourth-order valence-electron chi connectivity index (χ4n) is 2.19. The first-order valence-electron chi connectivity index (χ1n) is 7.89. The number of carboxylic acids is 1. The first-order valence-corrected chi connectivity index (χ1v) is 8.70. The third-order valence-electron chi connectivity index (χ3n) is 3.39. The van der Waals surface area contributed by atoms with Crippen molar-refractivity contribution in [1.82, 2.24) is 15.2 Å². The number of thioether (sulfide) groups is 1. The van der Waals surface area contributed by atoms with Gasteiger partial charge in [0.2, 0.25) is 5.16 Å². The molecule has 0 unspecified atom stereocenters. The molecule has 0 atom stereocenters. The van der Waals surface area contributed by atoms with Gasteiger partial charge < -0.3 is 9.84 Å². The fraction of sp³-hybridized carbons (Fsp3) is 0.105. The lowest BCUT2D eigenvalue weighted by Crippen LogP contribution is -1.98. The lowest BCUT2D eigenvalue weighted by atomic mass is 10.2. The number of aryl methyl sites for hydroxylation is 1. The van der Waals surface area contributed by atoms with Crippen LogP contribution in [0.4, 0.5) is 0 Å². The maximum absolute atomic E-state index is 11.5. The van der Waals surface area contributed by atoms with Crippen LogP contribution >= 0.6 is 11.8 Å². The molecule has 0 radical (unpaired) electrons. The van der Waals surface area contributed by atoms with Crippen LogP contribution in [0.15, 0.2) is 64.7 Å². The molecule has 26 heavy (non-hydrogen) atoms. The second-order valence-corrected chi connectivity index (χ2v) is 6.48. The second kappa shape index (κ2) is 8.35. The molecule has 1 aromatic heterocycles. The van der Waals surface area contributed by atoms with Gasteiger partial charge in [0.05, 0.1) is 0 Å². The van der Waals surface area contributed by atoms with Crippen molar-refractivity contribution in [2.24, 2.45) is 0 Å². The van der Waals surface area contributed by atoms with Crippen molar-refractivity contribution in [3.05, 3.63) is 76.5 Å². The molecule has 0 aliphatic rings. The van der Waals surface area contributed by atoms with Gasteiger partial charge in [0.25, 0.3) is 0 Å². The topological polar surface area (TPSA) is 88.1 Å².